The number of halogens is 1. The third-order valence-corrected chi connectivity index (χ3v) is 3.21. The van der Waals surface area contributed by atoms with E-state index in [9.17, 15) is 9.59 Å². The molecule has 6 heteroatoms. The van der Waals surface area contributed by atoms with Crippen molar-refractivity contribution in [2.75, 3.05) is 19.7 Å². The van der Waals surface area contributed by atoms with Gasteiger partial charge in [-0.2, -0.15) is 0 Å². The number of alkyl halides is 1. The molecule has 0 aliphatic rings. The van der Waals surface area contributed by atoms with Gasteiger partial charge in [0.25, 0.3) is 0 Å². The Kier molecular flexibility index (Phi) is 8.36. The molecular weight excluding hydrogens is 304 g/mol. The lowest BCUT2D eigenvalue weighted by atomic mass is 10.2. The van der Waals surface area contributed by atoms with Crippen LogP contribution in [0.4, 0.5) is 0 Å². The highest BCUT2D eigenvalue weighted by Gasteiger charge is 2.07. The highest BCUT2D eigenvalue weighted by atomic mass is 35.5. The number of para-hydroxylation sites is 1. The highest BCUT2D eigenvalue weighted by molar-refractivity contribution is 6.30. The van der Waals surface area contributed by atoms with E-state index in [0.717, 1.165) is 11.3 Å². The summed E-state index contributed by atoms with van der Waals surface area (Å²) in [5, 5.41) is 4.80. The Balaban J connectivity index is 2.07. The first-order valence-corrected chi connectivity index (χ1v) is 7.81. The molecule has 1 atom stereocenters. The van der Waals surface area contributed by atoms with Crippen LogP contribution in [0.2, 0.25) is 0 Å². The number of rotatable bonds is 9. The van der Waals surface area contributed by atoms with E-state index < -0.39 is 5.38 Å². The van der Waals surface area contributed by atoms with Crippen LogP contribution in [0.15, 0.2) is 24.3 Å². The van der Waals surface area contributed by atoms with Gasteiger partial charge in [0, 0.05) is 19.5 Å². The molecular formula is C16H23ClN2O3. The minimum Gasteiger partial charge on any atom is -0.493 e. The Morgan fingerprint density at radius 2 is 1.91 bits per heavy atom. The zero-order valence-electron chi connectivity index (χ0n) is 13.0. The highest BCUT2D eigenvalue weighted by Crippen LogP contribution is 2.16. The van der Waals surface area contributed by atoms with Crippen molar-refractivity contribution in [1.82, 2.24) is 10.6 Å². The van der Waals surface area contributed by atoms with E-state index in [1.165, 1.54) is 0 Å². The molecule has 122 valence electrons. The number of hydrogen-bond donors (Lipinski definition) is 2. The monoisotopic (exact) mass is 326 g/mol. The average Bonchev–Trinajstić information content (AvgIpc) is 2.49. The summed E-state index contributed by atoms with van der Waals surface area (Å²) in [7, 11) is 0. The number of aryl methyl sites for hydroxylation is 1. The van der Waals surface area contributed by atoms with E-state index in [2.05, 4.69) is 10.6 Å². The van der Waals surface area contributed by atoms with E-state index in [-0.39, 0.29) is 11.8 Å². The zero-order chi connectivity index (χ0) is 16.4. The molecule has 5 nitrogen and oxygen atoms in total. The zero-order valence-corrected chi connectivity index (χ0v) is 13.8. The number of amides is 2. The first-order chi connectivity index (χ1) is 10.5. The molecule has 1 aromatic carbocycles. The molecule has 0 saturated carbocycles. The van der Waals surface area contributed by atoms with Crippen LogP contribution in [0.25, 0.3) is 0 Å². The molecule has 1 aromatic rings. The second-order valence-electron chi connectivity index (χ2n) is 4.97. The van der Waals surface area contributed by atoms with Gasteiger partial charge in [0.05, 0.1) is 6.61 Å². The van der Waals surface area contributed by atoms with Gasteiger partial charge in [-0.05, 0) is 31.9 Å². The summed E-state index contributed by atoms with van der Waals surface area (Å²) < 4.78 is 5.62. The van der Waals surface area contributed by atoms with Gasteiger partial charge in [-0.3, -0.25) is 9.59 Å². The van der Waals surface area contributed by atoms with Gasteiger partial charge in [-0.15, -0.1) is 11.6 Å². The SMILES string of the molecule is Cc1ccccc1OCCCC(=O)NCCNC(=O)C(C)Cl. The average molecular weight is 327 g/mol. The van der Waals surface area contributed by atoms with Crippen LogP contribution in [-0.2, 0) is 9.59 Å². The summed E-state index contributed by atoms with van der Waals surface area (Å²) in [6.45, 7) is 4.86. The lowest BCUT2D eigenvalue weighted by molar-refractivity contribution is -0.122. The van der Waals surface area contributed by atoms with Crippen LogP contribution in [0.5, 0.6) is 5.75 Å². The molecule has 2 amide bonds. The number of nitrogens with one attached hydrogen (secondary N) is 2. The van der Waals surface area contributed by atoms with E-state index in [1.807, 2.05) is 31.2 Å². The number of carbonyl (C=O) groups is 2. The Morgan fingerprint density at radius 3 is 2.59 bits per heavy atom. The third-order valence-electron chi connectivity index (χ3n) is 3.01. The molecule has 22 heavy (non-hydrogen) atoms. The maximum Gasteiger partial charge on any atom is 0.237 e. The van der Waals surface area contributed by atoms with Crippen LogP contribution in [0.3, 0.4) is 0 Å². The molecule has 0 spiro atoms. The Morgan fingerprint density at radius 1 is 1.23 bits per heavy atom. The van der Waals surface area contributed by atoms with Gasteiger partial charge in [0.2, 0.25) is 11.8 Å². The number of carbonyl (C=O) groups excluding carboxylic acids is 2. The van der Waals surface area contributed by atoms with Crippen molar-refractivity contribution in [3.63, 3.8) is 0 Å². The van der Waals surface area contributed by atoms with Crippen LogP contribution in [0, 0.1) is 6.92 Å². The van der Waals surface area contributed by atoms with E-state index in [4.69, 9.17) is 16.3 Å². The Bertz CT molecular complexity index is 492. The quantitative estimate of drug-likeness (QED) is 0.539. The summed E-state index contributed by atoms with van der Waals surface area (Å²) >= 11 is 5.60. The molecule has 0 aromatic heterocycles. The van der Waals surface area contributed by atoms with Crippen molar-refractivity contribution in [2.45, 2.75) is 32.1 Å². The van der Waals surface area contributed by atoms with Crippen molar-refractivity contribution in [2.24, 2.45) is 0 Å². The van der Waals surface area contributed by atoms with Crippen molar-refractivity contribution in [3.8, 4) is 5.75 Å². The molecule has 0 fully saturated rings. The van der Waals surface area contributed by atoms with Crippen molar-refractivity contribution in [1.29, 1.82) is 0 Å². The summed E-state index contributed by atoms with van der Waals surface area (Å²) in [6, 6.07) is 7.78. The van der Waals surface area contributed by atoms with Crippen LogP contribution in [-0.4, -0.2) is 36.9 Å². The fourth-order valence-electron chi connectivity index (χ4n) is 1.75. The predicted octanol–water partition coefficient (Wildman–Crippen LogP) is 2.01. The van der Waals surface area contributed by atoms with Gasteiger partial charge in [-0.25, -0.2) is 0 Å². The maximum absolute atomic E-state index is 11.6. The molecule has 0 aliphatic heterocycles. The topological polar surface area (TPSA) is 67.4 Å². The molecule has 0 radical (unpaired) electrons. The molecule has 1 unspecified atom stereocenters. The van der Waals surface area contributed by atoms with Gasteiger partial charge in [0.15, 0.2) is 0 Å². The minimum atomic E-state index is -0.561. The van der Waals surface area contributed by atoms with Crippen molar-refractivity contribution in [3.05, 3.63) is 29.8 Å². The molecule has 1 rings (SSSR count). The summed E-state index contributed by atoms with van der Waals surface area (Å²) in [5.41, 5.74) is 1.08. The molecule has 2 N–H and O–H groups in total. The first-order valence-electron chi connectivity index (χ1n) is 7.37. The summed E-state index contributed by atoms with van der Waals surface area (Å²) in [4.78, 5) is 22.8. The number of benzene rings is 1. The minimum absolute atomic E-state index is 0.0541. The van der Waals surface area contributed by atoms with Crippen molar-refractivity contribution >= 4 is 23.4 Å². The van der Waals surface area contributed by atoms with E-state index in [0.29, 0.717) is 32.5 Å². The van der Waals surface area contributed by atoms with Gasteiger partial charge >= 0.3 is 0 Å². The van der Waals surface area contributed by atoms with Gasteiger partial charge in [0.1, 0.15) is 11.1 Å². The molecule has 0 saturated heterocycles. The lowest BCUT2D eigenvalue weighted by Gasteiger charge is -2.09. The summed E-state index contributed by atoms with van der Waals surface area (Å²) in [5.74, 6) is 0.560. The number of hydrogen-bond acceptors (Lipinski definition) is 3. The molecule has 0 heterocycles. The first kappa shape index (κ1) is 18.3. The maximum atomic E-state index is 11.6. The van der Waals surface area contributed by atoms with E-state index in [1.54, 1.807) is 6.92 Å². The lowest BCUT2D eigenvalue weighted by Crippen LogP contribution is -2.37. The van der Waals surface area contributed by atoms with Gasteiger partial charge < -0.3 is 15.4 Å². The standard InChI is InChI=1S/C16H23ClN2O3/c1-12-6-3-4-7-14(12)22-11-5-8-15(20)18-9-10-19-16(21)13(2)17/h3-4,6-7,13H,5,8-11H2,1-2H3,(H,18,20)(H,19,21). The smallest absolute Gasteiger partial charge is 0.237 e. The Hall–Kier alpha value is -1.75. The van der Waals surface area contributed by atoms with Gasteiger partial charge in [-0.1, -0.05) is 18.2 Å². The number of ether oxygens (including phenoxy) is 1. The Labute approximate surface area is 136 Å². The van der Waals surface area contributed by atoms with Crippen LogP contribution >= 0.6 is 11.6 Å². The predicted molar refractivity (Wildman–Crippen MR) is 87.2 cm³/mol. The largest absolute Gasteiger partial charge is 0.493 e. The normalized spacial score (nSPS) is 11.6. The van der Waals surface area contributed by atoms with Crippen LogP contribution < -0.4 is 15.4 Å². The fraction of sp³-hybridized carbons (Fsp3) is 0.500. The fourth-order valence-corrected chi connectivity index (χ4v) is 1.83. The third kappa shape index (κ3) is 7.31. The van der Waals surface area contributed by atoms with Crippen LogP contribution in [0.1, 0.15) is 25.3 Å². The second kappa shape index (κ2) is 10.1. The van der Waals surface area contributed by atoms with E-state index >= 15 is 0 Å². The summed E-state index contributed by atoms with van der Waals surface area (Å²) in [6.07, 6.45) is 1.04. The second-order valence-corrected chi connectivity index (χ2v) is 5.63. The van der Waals surface area contributed by atoms with Crippen molar-refractivity contribution < 1.29 is 14.3 Å². The molecule has 0 aliphatic carbocycles. The molecule has 0 bridgehead atoms.